The summed E-state index contributed by atoms with van der Waals surface area (Å²) in [6, 6.07) is 7.17. The van der Waals surface area contributed by atoms with E-state index >= 15 is 0 Å². The second-order valence-electron chi connectivity index (χ2n) is 8.53. The predicted octanol–water partition coefficient (Wildman–Crippen LogP) is 1.97. The minimum absolute atomic E-state index is 0.118. The average Bonchev–Trinajstić information content (AvgIpc) is 2.67. The molecule has 6 nitrogen and oxygen atoms in total. The molecule has 28 heavy (non-hydrogen) atoms. The molecule has 2 fully saturated rings. The van der Waals surface area contributed by atoms with Gasteiger partial charge in [0.2, 0.25) is 11.8 Å². The minimum Gasteiger partial charge on any atom is -0.508 e. The molecule has 2 unspecified atom stereocenters. The average molecular weight is 388 g/mol. The van der Waals surface area contributed by atoms with Gasteiger partial charge >= 0.3 is 0 Å². The van der Waals surface area contributed by atoms with Gasteiger partial charge in [-0.3, -0.25) is 14.5 Å². The third-order valence-electron chi connectivity index (χ3n) is 5.91. The number of hydrogen-bond donors (Lipinski definition) is 1. The zero-order valence-corrected chi connectivity index (χ0v) is 17.1. The molecule has 6 heteroatoms. The van der Waals surface area contributed by atoms with Gasteiger partial charge in [0.25, 0.3) is 0 Å². The molecule has 2 amide bonds. The van der Waals surface area contributed by atoms with Crippen LogP contribution in [-0.4, -0.2) is 77.4 Å². The molecule has 2 aliphatic heterocycles. The number of carbonyl (C=O) groups is 2. The summed E-state index contributed by atoms with van der Waals surface area (Å²) in [5, 5.41) is 9.83. The van der Waals surface area contributed by atoms with Gasteiger partial charge in [0.15, 0.2) is 0 Å². The van der Waals surface area contributed by atoms with Gasteiger partial charge in [0.1, 0.15) is 5.75 Å². The molecule has 1 aromatic rings. The Balaban J connectivity index is 1.41. The van der Waals surface area contributed by atoms with Gasteiger partial charge in [0.05, 0.1) is 6.54 Å². The molecule has 154 valence electrons. The van der Waals surface area contributed by atoms with Crippen LogP contribution in [0.2, 0.25) is 0 Å². The fraction of sp³-hybridized carbons (Fsp3) is 0.636. The topological polar surface area (TPSA) is 64.1 Å². The number of hydrogen-bond acceptors (Lipinski definition) is 4. The van der Waals surface area contributed by atoms with Gasteiger partial charge in [-0.15, -0.1) is 0 Å². The van der Waals surface area contributed by atoms with E-state index < -0.39 is 0 Å². The van der Waals surface area contributed by atoms with Crippen molar-refractivity contribution in [3.05, 3.63) is 29.8 Å². The highest BCUT2D eigenvalue weighted by atomic mass is 16.3. The van der Waals surface area contributed by atoms with E-state index in [0.29, 0.717) is 44.3 Å². The lowest BCUT2D eigenvalue weighted by molar-refractivity contribution is -0.136. The fourth-order valence-electron chi connectivity index (χ4n) is 4.44. The molecule has 0 bridgehead atoms. The second kappa shape index (κ2) is 9.41. The number of phenolic OH excluding ortho intramolecular Hbond substituents is 1. The summed E-state index contributed by atoms with van der Waals surface area (Å²) in [4.78, 5) is 31.2. The van der Waals surface area contributed by atoms with E-state index in [9.17, 15) is 14.7 Å². The highest BCUT2D eigenvalue weighted by Gasteiger charge is 2.28. The first kappa shape index (κ1) is 20.6. The summed E-state index contributed by atoms with van der Waals surface area (Å²) in [7, 11) is 0. The molecule has 0 aromatic heterocycles. The van der Waals surface area contributed by atoms with Crippen molar-refractivity contribution in [1.29, 1.82) is 0 Å². The Morgan fingerprint density at radius 2 is 1.61 bits per heavy atom. The van der Waals surface area contributed by atoms with E-state index in [-0.39, 0.29) is 17.6 Å². The number of para-hydroxylation sites is 1. The van der Waals surface area contributed by atoms with Crippen molar-refractivity contribution in [1.82, 2.24) is 14.7 Å². The van der Waals surface area contributed by atoms with Crippen LogP contribution >= 0.6 is 0 Å². The van der Waals surface area contributed by atoms with Crippen LogP contribution in [0.15, 0.2) is 24.3 Å². The first-order chi connectivity index (χ1) is 13.4. The van der Waals surface area contributed by atoms with Crippen molar-refractivity contribution in [2.75, 3.05) is 45.8 Å². The molecule has 2 atom stereocenters. The molecule has 0 radical (unpaired) electrons. The fourth-order valence-corrected chi connectivity index (χ4v) is 4.44. The molecule has 2 saturated heterocycles. The van der Waals surface area contributed by atoms with Crippen LogP contribution in [0.5, 0.6) is 5.75 Å². The monoisotopic (exact) mass is 387 g/mol. The number of piperidine rings is 1. The Morgan fingerprint density at radius 3 is 2.25 bits per heavy atom. The Bertz CT molecular complexity index is 675. The molecule has 0 spiro atoms. The van der Waals surface area contributed by atoms with E-state index in [2.05, 4.69) is 18.7 Å². The van der Waals surface area contributed by atoms with Crippen LogP contribution in [-0.2, 0) is 16.0 Å². The highest BCUT2D eigenvalue weighted by molar-refractivity contribution is 5.79. The van der Waals surface area contributed by atoms with E-state index in [1.807, 2.05) is 21.9 Å². The van der Waals surface area contributed by atoms with E-state index in [1.165, 1.54) is 6.42 Å². The third-order valence-corrected chi connectivity index (χ3v) is 5.91. The number of piperazine rings is 1. The number of amides is 2. The minimum atomic E-state index is 0.118. The van der Waals surface area contributed by atoms with Gasteiger partial charge in [-0.05, 0) is 36.3 Å². The standard InChI is InChI=1S/C22H33N3O3/c1-17-13-18(2)15-25(14-17)22(28)16-23-9-11-24(12-10-23)21(27)8-7-19-5-3-4-6-20(19)26/h3-6,17-18,26H,7-16H2,1-2H3. The smallest absolute Gasteiger partial charge is 0.236 e. The lowest BCUT2D eigenvalue weighted by atomic mass is 9.92. The molecule has 1 aromatic carbocycles. The van der Waals surface area contributed by atoms with E-state index in [1.54, 1.807) is 12.1 Å². The van der Waals surface area contributed by atoms with Gasteiger partial charge in [-0.25, -0.2) is 0 Å². The summed E-state index contributed by atoms with van der Waals surface area (Å²) >= 11 is 0. The van der Waals surface area contributed by atoms with Crippen LogP contribution in [0.1, 0.15) is 32.3 Å². The van der Waals surface area contributed by atoms with E-state index in [0.717, 1.165) is 31.7 Å². The zero-order chi connectivity index (χ0) is 20.1. The molecule has 0 aliphatic carbocycles. The highest BCUT2D eigenvalue weighted by Crippen LogP contribution is 2.21. The molecular formula is C22H33N3O3. The van der Waals surface area contributed by atoms with Crippen molar-refractivity contribution in [3.63, 3.8) is 0 Å². The molecular weight excluding hydrogens is 354 g/mol. The SMILES string of the molecule is CC1CC(C)CN(C(=O)CN2CCN(C(=O)CCc3ccccc3O)CC2)C1. The number of carbonyl (C=O) groups excluding carboxylic acids is 2. The number of nitrogens with zero attached hydrogens (tertiary/aromatic N) is 3. The number of likely N-dealkylation sites (tertiary alicyclic amines) is 1. The summed E-state index contributed by atoms with van der Waals surface area (Å²) in [6.45, 7) is 9.45. The number of aryl methyl sites for hydroxylation is 1. The Hall–Kier alpha value is -2.08. The van der Waals surface area contributed by atoms with Crippen LogP contribution in [0, 0.1) is 11.8 Å². The third kappa shape index (κ3) is 5.47. The molecule has 2 heterocycles. The van der Waals surface area contributed by atoms with Crippen molar-refractivity contribution >= 4 is 11.8 Å². The quantitative estimate of drug-likeness (QED) is 0.839. The Labute approximate surface area is 168 Å². The Morgan fingerprint density at radius 1 is 0.964 bits per heavy atom. The van der Waals surface area contributed by atoms with Gasteiger partial charge < -0.3 is 14.9 Å². The maximum Gasteiger partial charge on any atom is 0.236 e. The summed E-state index contributed by atoms with van der Waals surface area (Å²) < 4.78 is 0. The first-order valence-electron chi connectivity index (χ1n) is 10.5. The molecule has 1 N–H and O–H groups in total. The Kier molecular flexibility index (Phi) is 6.94. The first-order valence-corrected chi connectivity index (χ1v) is 10.5. The number of phenols is 1. The van der Waals surface area contributed by atoms with E-state index in [4.69, 9.17) is 0 Å². The van der Waals surface area contributed by atoms with Crippen LogP contribution < -0.4 is 0 Å². The summed E-state index contributed by atoms with van der Waals surface area (Å²) in [5.74, 6) is 1.74. The van der Waals surface area contributed by atoms with Crippen molar-refractivity contribution in [3.8, 4) is 5.75 Å². The lowest BCUT2D eigenvalue weighted by Gasteiger charge is -2.38. The number of aromatic hydroxyl groups is 1. The maximum atomic E-state index is 12.6. The largest absolute Gasteiger partial charge is 0.508 e. The normalized spacial score (nSPS) is 23.6. The molecule has 2 aliphatic rings. The number of rotatable bonds is 5. The van der Waals surface area contributed by atoms with Gasteiger partial charge in [0, 0.05) is 45.7 Å². The van der Waals surface area contributed by atoms with Crippen molar-refractivity contribution in [2.24, 2.45) is 11.8 Å². The molecule has 0 saturated carbocycles. The predicted molar refractivity (Wildman–Crippen MR) is 109 cm³/mol. The van der Waals surface area contributed by atoms with Crippen LogP contribution in [0.25, 0.3) is 0 Å². The van der Waals surface area contributed by atoms with Crippen molar-refractivity contribution < 1.29 is 14.7 Å². The maximum absolute atomic E-state index is 12.6. The summed E-state index contributed by atoms with van der Waals surface area (Å²) in [6.07, 6.45) is 2.15. The second-order valence-corrected chi connectivity index (χ2v) is 8.53. The molecule has 3 rings (SSSR count). The van der Waals surface area contributed by atoms with Crippen LogP contribution in [0.4, 0.5) is 0 Å². The van der Waals surface area contributed by atoms with Gasteiger partial charge in [-0.1, -0.05) is 32.0 Å². The van der Waals surface area contributed by atoms with Crippen LogP contribution in [0.3, 0.4) is 0 Å². The van der Waals surface area contributed by atoms with Crippen molar-refractivity contribution in [2.45, 2.75) is 33.1 Å². The lowest BCUT2D eigenvalue weighted by Crippen LogP contribution is -2.53. The van der Waals surface area contributed by atoms with Gasteiger partial charge in [-0.2, -0.15) is 0 Å². The zero-order valence-electron chi connectivity index (χ0n) is 17.1. The summed E-state index contributed by atoms with van der Waals surface area (Å²) in [5.41, 5.74) is 0.810. The number of benzene rings is 1.